The number of carbonyl (C=O) groups excluding carboxylic acids is 7. The van der Waals surface area contributed by atoms with Crippen molar-refractivity contribution in [3.63, 3.8) is 0 Å². The van der Waals surface area contributed by atoms with E-state index in [0.29, 0.717) is 32.2 Å². The minimum Gasteiger partial charge on any atom is -0.480 e. The molecule has 10 N–H and O–H groups in total. The van der Waals surface area contributed by atoms with Gasteiger partial charge in [-0.2, -0.15) is 0 Å². The second-order valence-electron chi connectivity index (χ2n) is 19.5. The fraction of sp³-hybridized carbons (Fsp3) is 0.811. The number of ketones is 1. The number of carbonyl (C=O) groups is 10. The Kier molecular flexibility index (Phi) is 44.6. The molecular weight excluding hydrogens is 1010 g/mol. The van der Waals surface area contributed by atoms with Crippen molar-refractivity contribution in [1.82, 2.24) is 37.2 Å². The molecule has 77 heavy (non-hydrogen) atoms. The van der Waals surface area contributed by atoms with Gasteiger partial charge in [-0.1, -0.05) is 90.9 Å². The van der Waals surface area contributed by atoms with Crippen LogP contribution in [-0.4, -0.2) is 178 Å². The third-order valence-corrected chi connectivity index (χ3v) is 12.2. The van der Waals surface area contributed by atoms with Crippen LogP contribution in [0, 0.1) is 5.92 Å². The molecule has 0 radical (unpaired) electrons. The van der Waals surface area contributed by atoms with Crippen molar-refractivity contribution in [2.75, 3.05) is 79.5 Å². The first-order chi connectivity index (χ1) is 36.9. The molecular formula is C53H95N7O17. The second-order valence-corrected chi connectivity index (χ2v) is 19.5. The van der Waals surface area contributed by atoms with E-state index in [1.54, 1.807) is 7.05 Å². The van der Waals surface area contributed by atoms with Gasteiger partial charge in [0.1, 0.15) is 37.1 Å². The Morgan fingerprint density at radius 2 is 0.727 bits per heavy atom. The number of hydrogen-bond donors (Lipinski definition) is 10. The monoisotopic (exact) mass is 1100 g/mol. The molecule has 0 aliphatic rings. The normalized spacial score (nSPS) is 12.7. The van der Waals surface area contributed by atoms with Gasteiger partial charge in [0.15, 0.2) is 0 Å². The molecule has 0 aliphatic carbocycles. The number of rotatable bonds is 53. The van der Waals surface area contributed by atoms with E-state index in [1.807, 2.05) is 0 Å². The van der Waals surface area contributed by atoms with E-state index in [-0.39, 0.29) is 122 Å². The summed E-state index contributed by atoms with van der Waals surface area (Å²) in [6.07, 6.45) is 16.3. The minimum absolute atomic E-state index is 0.0190. The van der Waals surface area contributed by atoms with Crippen LogP contribution in [0.4, 0.5) is 0 Å². The third-order valence-electron chi connectivity index (χ3n) is 12.2. The van der Waals surface area contributed by atoms with E-state index in [4.69, 9.17) is 18.9 Å². The highest BCUT2D eigenvalue weighted by Crippen LogP contribution is 2.15. The lowest BCUT2D eigenvalue weighted by Crippen LogP contribution is -2.45. The summed E-state index contributed by atoms with van der Waals surface area (Å²) in [4.78, 5) is 120. The van der Waals surface area contributed by atoms with Crippen LogP contribution < -0.4 is 37.2 Å². The average Bonchev–Trinajstić information content (AvgIpc) is 3.37. The summed E-state index contributed by atoms with van der Waals surface area (Å²) in [5, 5.41) is 46.5. The molecule has 0 saturated carbocycles. The van der Waals surface area contributed by atoms with E-state index in [1.165, 1.54) is 64.7 Å². The molecule has 0 aromatic carbocycles. The molecule has 0 bridgehead atoms. The van der Waals surface area contributed by atoms with Crippen LogP contribution in [0.25, 0.3) is 0 Å². The standard InChI is InChI=1S/C53H95N7O17/c1-39(2)19-15-13-11-9-7-5-6-8-10-12-14-16-21-47(64)58-42(51(68)69)23-26-46(63)56-29-31-74-33-35-76-37-49(66)57-30-32-75-34-36-77-38-50(67)60-44(53(72)73)24-27-48(65)59-43(52(70)71)22-25-45(62)55-28-18-17-20-41(54-4)40(3)61/h39,41-44,54H,5-38H2,1-4H3,(H,55,62)(H,56,63)(H,57,66)(H,58,64)(H,59,65)(H,60,67)(H,68,69)(H,70,71)(H,72,73)/t41-,42-,43-,44-/m0/s1. The second kappa shape index (κ2) is 47.9. The molecule has 0 rings (SSSR count). The number of ether oxygens (including phenoxy) is 4. The molecule has 6 amide bonds. The summed E-state index contributed by atoms with van der Waals surface area (Å²) in [6.45, 7) is 6.47. The zero-order valence-corrected chi connectivity index (χ0v) is 46.5. The summed E-state index contributed by atoms with van der Waals surface area (Å²) in [5.74, 6) is -6.27. The van der Waals surface area contributed by atoms with Crippen LogP contribution in [0.15, 0.2) is 0 Å². The van der Waals surface area contributed by atoms with E-state index < -0.39 is 72.7 Å². The first-order valence-electron chi connectivity index (χ1n) is 27.7. The van der Waals surface area contributed by atoms with Gasteiger partial charge >= 0.3 is 17.9 Å². The first kappa shape index (κ1) is 71.7. The molecule has 0 saturated heterocycles. The number of carboxylic acids is 3. The highest BCUT2D eigenvalue weighted by Gasteiger charge is 2.25. The lowest BCUT2D eigenvalue weighted by molar-refractivity contribution is -0.144. The summed E-state index contributed by atoms with van der Waals surface area (Å²) < 4.78 is 21.2. The minimum atomic E-state index is -1.47. The number of nitrogens with one attached hydrogen (secondary N) is 7. The van der Waals surface area contributed by atoms with Crippen molar-refractivity contribution in [2.45, 2.75) is 193 Å². The Hall–Kier alpha value is -5.30. The van der Waals surface area contributed by atoms with E-state index in [0.717, 1.165) is 25.2 Å². The van der Waals surface area contributed by atoms with Crippen LogP contribution >= 0.6 is 0 Å². The molecule has 0 unspecified atom stereocenters. The molecule has 0 spiro atoms. The van der Waals surface area contributed by atoms with E-state index in [9.17, 15) is 63.3 Å². The Morgan fingerprint density at radius 1 is 0.364 bits per heavy atom. The molecule has 0 aromatic heterocycles. The van der Waals surface area contributed by atoms with Gasteiger partial charge in [-0.25, -0.2) is 14.4 Å². The van der Waals surface area contributed by atoms with Crippen LogP contribution in [-0.2, 0) is 66.9 Å². The smallest absolute Gasteiger partial charge is 0.326 e. The van der Waals surface area contributed by atoms with Crippen molar-refractivity contribution in [2.24, 2.45) is 5.92 Å². The summed E-state index contributed by atoms with van der Waals surface area (Å²) in [6, 6.07) is -4.29. The van der Waals surface area contributed by atoms with Gasteiger partial charge in [-0.15, -0.1) is 0 Å². The number of Topliss-reactive ketones (excluding diaryl/α,β-unsaturated/α-hetero) is 1. The Balaban J connectivity index is 3.99. The average molecular weight is 1100 g/mol. The molecule has 24 nitrogen and oxygen atoms in total. The van der Waals surface area contributed by atoms with Crippen molar-refractivity contribution >= 4 is 59.1 Å². The molecule has 4 atom stereocenters. The number of unbranched alkanes of at least 4 members (excludes halogenated alkanes) is 12. The third kappa shape index (κ3) is 44.4. The Labute approximate surface area is 455 Å². The number of aliphatic carboxylic acids is 3. The lowest BCUT2D eigenvalue weighted by atomic mass is 10.0. The number of amides is 6. The lowest BCUT2D eigenvalue weighted by Gasteiger charge is -2.17. The van der Waals surface area contributed by atoms with Gasteiger partial charge in [-0.05, 0) is 64.8 Å². The highest BCUT2D eigenvalue weighted by molar-refractivity contribution is 5.87. The fourth-order valence-electron chi connectivity index (χ4n) is 7.75. The summed E-state index contributed by atoms with van der Waals surface area (Å²) in [7, 11) is 1.69. The van der Waals surface area contributed by atoms with Crippen LogP contribution in [0.1, 0.15) is 168 Å². The SMILES string of the molecule is CN[C@@H](CCCCNC(=O)CC[C@H](NC(=O)CC[C@H](NC(=O)COCCOCCNC(=O)COCCOCCNC(=O)CC[C@H](NC(=O)CCCCCCCCCCCCCCC(C)C)C(=O)O)C(=O)O)C(=O)O)C(C)=O. The van der Waals surface area contributed by atoms with Crippen molar-refractivity contribution in [3.05, 3.63) is 0 Å². The molecule has 0 aromatic rings. The maximum atomic E-state index is 12.5. The summed E-state index contributed by atoms with van der Waals surface area (Å²) in [5.41, 5.74) is 0. The Morgan fingerprint density at radius 3 is 1.17 bits per heavy atom. The maximum absolute atomic E-state index is 12.5. The molecule has 0 aliphatic heterocycles. The summed E-state index contributed by atoms with van der Waals surface area (Å²) >= 11 is 0. The number of hydrogen-bond acceptors (Lipinski definition) is 15. The topological polar surface area (TPSA) is 353 Å². The van der Waals surface area contributed by atoms with Crippen LogP contribution in [0.5, 0.6) is 0 Å². The van der Waals surface area contributed by atoms with Gasteiger partial charge in [0.25, 0.3) is 0 Å². The molecule has 0 fully saturated rings. The zero-order valence-electron chi connectivity index (χ0n) is 46.5. The quantitative estimate of drug-likeness (QED) is 0.0391. The van der Waals surface area contributed by atoms with Crippen molar-refractivity contribution in [3.8, 4) is 0 Å². The largest absolute Gasteiger partial charge is 0.480 e. The molecule has 24 heteroatoms. The van der Waals surface area contributed by atoms with Crippen LogP contribution in [0.3, 0.4) is 0 Å². The Bertz CT molecular complexity index is 1710. The maximum Gasteiger partial charge on any atom is 0.326 e. The van der Waals surface area contributed by atoms with Crippen molar-refractivity contribution < 1.29 is 82.2 Å². The molecule has 444 valence electrons. The zero-order chi connectivity index (χ0) is 57.5. The van der Waals surface area contributed by atoms with Gasteiger partial charge in [0.2, 0.25) is 35.4 Å². The molecule has 0 heterocycles. The van der Waals surface area contributed by atoms with Crippen LogP contribution in [0.2, 0.25) is 0 Å². The highest BCUT2D eigenvalue weighted by atomic mass is 16.5. The van der Waals surface area contributed by atoms with Crippen molar-refractivity contribution in [1.29, 1.82) is 0 Å². The van der Waals surface area contributed by atoms with Gasteiger partial charge in [0.05, 0.1) is 45.7 Å². The van der Waals surface area contributed by atoms with E-state index in [2.05, 4.69) is 51.1 Å². The fourth-order valence-corrected chi connectivity index (χ4v) is 7.75. The van der Waals surface area contributed by atoms with Gasteiger partial charge < -0.3 is 71.5 Å². The number of likely N-dealkylation sites (N-methyl/N-ethyl adjacent to an activating group) is 1. The number of carboxylic acid groups (broad SMARTS) is 3. The predicted molar refractivity (Wildman–Crippen MR) is 286 cm³/mol. The van der Waals surface area contributed by atoms with E-state index >= 15 is 0 Å². The predicted octanol–water partition coefficient (Wildman–Crippen LogP) is 2.91. The first-order valence-corrected chi connectivity index (χ1v) is 27.7. The van der Waals surface area contributed by atoms with Gasteiger partial charge in [-0.3, -0.25) is 33.6 Å². The van der Waals surface area contributed by atoms with Gasteiger partial charge in [0, 0.05) is 45.3 Å².